The van der Waals surface area contributed by atoms with Crippen LogP contribution in [0.4, 0.5) is 0 Å². The first-order chi connectivity index (χ1) is 8.69. The van der Waals surface area contributed by atoms with E-state index in [4.69, 9.17) is 5.11 Å². The second-order valence-corrected chi connectivity index (χ2v) is 5.85. The van der Waals surface area contributed by atoms with Crippen LogP contribution in [0.1, 0.15) is 27.7 Å². The fraction of sp³-hybridized carbons (Fsp3) is 0.769. The normalized spacial score (nSPS) is 23.8. The second-order valence-electron chi connectivity index (χ2n) is 5.85. The van der Waals surface area contributed by atoms with Gasteiger partial charge in [0.05, 0.1) is 11.8 Å². The summed E-state index contributed by atoms with van der Waals surface area (Å²) in [4.78, 5) is 34.1. The van der Waals surface area contributed by atoms with Crippen molar-refractivity contribution in [2.45, 2.75) is 27.7 Å². The molecule has 0 bridgehead atoms. The van der Waals surface area contributed by atoms with Gasteiger partial charge in [-0.1, -0.05) is 27.7 Å². The maximum atomic E-state index is 11.8. The molecule has 2 amide bonds. The van der Waals surface area contributed by atoms with E-state index in [0.717, 1.165) is 0 Å². The third kappa shape index (κ3) is 3.45. The predicted molar refractivity (Wildman–Crippen MR) is 69.3 cm³/mol. The van der Waals surface area contributed by atoms with Crippen molar-refractivity contribution in [2.24, 2.45) is 23.2 Å². The molecule has 0 spiro atoms. The summed E-state index contributed by atoms with van der Waals surface area (Å²) in [7, 11) is 0. The van der Waals surface area contributed by atoms with Crippen molar-refractivity contribution in [3.63, 3.8) is 0 Å². The lowest BCUT2D eigenvalue weighted by Gasteiger charge is -2.09. The quantitative estimate of drug-likeness (QED) is 0.602. The summed E-state index contributed by atoms with van der Waals surface area (Å²) in [6.07, 6.45) is 0. The van der Waals surface area contributed by atoms with Gasteiger partial charge in [0.25, 0.3) is 0 Å². The summed E-state index contributed by atoms with van der Waals surface area (Å²) < 4.78 is 0. The predicted octanol–water partition coefficient (Wildman–Crippen LogP) is 0.232. The summed E-state index contributed by atoms with van der Waals surface area (Å²) in [5.41, 5.74) is -0.489. The molecule has 0 aromatic carbocycles. The maximum absolute atomic E-state index is 11.8. The lowest BCUT2D eigenvalue weighted by atomic mass is 10.1. The van der Waals surface area contributed by atoms with Gasteiger partial charge in [-0.2, -0.15) is 0 Å². The Kier molecular flexibility index (Phi) is 4.55. The highest BCUT2D eigenvalue weighted by atomic mass is 16.4. The van der Waals surface area contributed by atoms with E-state index in [-0.39, 0.29) is 17.7 Å². The summed E-state index contributed by atoms with van der Waals surface area (Å²) in [5, 5.41) is 14.3. The van der Waals surface area contributed by atoms with Gasteiger partial charge in [0.1, 0.15) is 0 Å². The Hall–Kier alpha value is -1.59. The molecule has 2 unspecified atom stereocenters. The molecule has 3 N–H and O–H groups in total. The fourth-order valence-electron chi connectivity index (χ4n) is 2.27. The van der Waals surface area contributed by atoms with Crippen LogP contribution in [-0.4, -0.2) is 36.0 Å². The molecule has 0 heterocycles. The van der Waals surface area contributed by atoms with Crippen molar-refractivity contribution in [2.75, 3.05) is 13.1 Å². The van der Waals surface area contributed by atoms with Crippen LogP contribution < -0.4 is 10.6 Å². The molecular weight excluding hydrogens is 248 g/mol. The summed E-state index contributed by atoms with van der Waals surface area (Å²) in [6.45, 7) is 7.80. The highest BCUT2D eigenvalue weighted by Gasteiger charge is 2.65. The second kappa shape index (κ2) is 5.59. The number of carboxylic acids is 1. The zero-order valence-electron chi connectivity index (χ0n) is 11.8. The summed E-state index contributed by atoms with van der Waals surface area (Å²) >= 11 is 0. The molecule has 1 saturated carbocycles. The number of hydrogen-bond donors (Lipinski definition) is 3. The molecule has 2 atom stereocenters. The van der Waals surface area contributed by atoms with Gasteiger partial charge in [0, 0.05) is 19.0 Å². The van der Waals surface area contributed by atoms with E-state index in [9.17, 15) is 14.4 Å². The van der Waals surface area contributed by atoms with Crippen LogP contribution in [0.25, 0.3) is 0 Å². The number of carbonyl (C=O) groups excluding carboxylic acids is 2. The average Bonchev–Trinajstić information content (AvgIpc) is 2.87. The molecule has 0 radical (unpaired) electrons. The van der Waals surface area contributed by atoms with Crippen LogP contribution in [-0.2, 0) is 14.4 Å². The van der Waals surface area contributed by atoms with Crippen molar-refractivity contribution in [1.29, 1.82) is 0 Å². The van der Waals surface area contributed by atoms with Crippen LogP contribution in [0.3, 0.4) is 0 Å². The molecule has 19 heavy (non-hydrogen) atoms. The number of carboxylic acid groups (broad SMARTS) is 1. The molecule has 0 aliphatic heterocycles. The van der Waals surface area contributed by atoms with Crippen LogP contribution in [0, 0.1) is 23.2 Å². The van der Waals surface area contributed by atoms with Crippen molar-refractivity contribution in [1.82, 2.24) is 10.6 Å². The first-order valence-corrected chi connectivity index (χ1v) is 6.47. The first-order valence-electron chi connectivity index (χ1n) is 6.47. The fourth-order valence-corrected chi connectivity index (χ4v) is 2.27. The minimum absolute atomic E-state index is 0.0654. The van der Waals surface area contributed by atoms with Crippen molar-refractivity contribution in [3.8, 4) is 0 Å². The molecule has 1 aliphatic carbocycles. The topological polar surface area (TPSA) is 95.5 Å². The number of rotatable bonds is 6. The Labute approximate surface area is 112 Å². The number of hydrogen-bond acceptors (Lipinski definition) is 3. The van der Waals surface area contributed by atoms with E-state index in [2.05, 4.69) is 10.6 Å². The molecule has 108 valence electrons. The third-order valence-electron chi connectivity index (χ3n) is 3.62. The van der Waals surface area contributed by atoms with Gasteiger partial charge in [-0.05, 0) is 5.41 Å². The van der Waals surface area contributed by atoms with Crippen LogP contribution in [0.5, 0.6) is 0 Å². The van der Waals surface area contributed by atoms with E-state index in [0.29, 0.717) is 13.1 Å². The summed E-state index contributed by atoms with van der Waals surface area (Å²) in [6, 6.07) is 0. The highest BCUT2D eigenvalue weighted by molar-refractivity contribution is 5.91. The van der Waals surface area contributed by atoms with Crippen LogP contribution in [0.15, 0.2) is 0 Å². The monoisotopic (exact) mass is 270 g/mol. The molecule has 0 saturated heterocycles. The van der Waals surface area contributed by atoms with Crippen LogP contribution in [0.2, 0.25) is 0 Å². The van der Waals surface area contributed by atoms with Gasteiger partial charge >= 0.3 is 5.97 Å². The lowest BCUT2D eigenvalue weighted by Crippen LogP contribution is -2.37. The van der Waals surface area contributed by atoms with E-state index in [1.165, 1.54) is 0 Å². The molecule has 1 rings (SSSR count). The van der Waals surface area contributed by atoms with E-state index in [1.807, 2.05) is 0 Å². The van der Waals surface area contributed by atoms with E-state index >= 15 is 0 Å². The van der Waals surface area contributed by atoms with Gasteiger partial charge in [-0.25, -0.2) is 0 Å². The Morgan fingerprint density at radius 3 is 2.05 bits per heavy atom. The molecule has 0 aromatic rings. The summed E-state index contributed by atoms with van der Waals surface area (Å²) in [5.74, 6) is -2.43. The van der Waals surface area contributed by atoms with Crippen molar-refractivity contribution in [3.05, 3.63) is 0 Å². The number of amides is 2. The third-order valence-corrected chi connectivity index (χ3v) is 3.62. The molecule has 1 fully saturated rings. The highest BCUT2D eigenvalue weighted by Crippen LogP contribution is 2.58. The number of nitrogens with one attached hydrogen (secondary N) is 2. The Balaban J connectivity index is 2.30. The number of carbonyl (C=O) groups is 3. The minimum Gasteiger partial charge on any atom is -0.481 e. The van der Waals surface area contributed by atoms with Crippen molar-refractivity contribution >= 4 is 17.8 Å². The van der Waals surface area contributed by atoms with Gasteiger partial charge in [0.15, 0.2) is 0 Å². The van der Waals surface area contributed by atoms with E-state index < -0.39 is 23.2 Å². The first kappa shape index (κ1) is 15.5. The van der Waals surface area contributed by atoms with Gasteiger partial charge in [-0.3, -0.25) is 14.4 Å². The molecule has 6 heteroatoms. The number of aliphatic carboxylic acids is 1. The average molecular weight is 270 g/mol. The zero-order valence-corrected chi connectivity index (χ0v) is 11.8. The maximum Gasteiger partial charge on any atom is 0.307 e. The lowest BCUT2D eigenvalue weighted by molar-refractivity contribution is -0.140. The SMILES string of the molecule is CC(C)C(=O)NCCNC(=O)C1C(C(=O)O)C1(C)C. The van der Waals surface area contributed by atoms with Gasteiger partial charge < -0.3 is 15.7 Å². The molecular formula is C13H22N2O4. The van der Waals surface area contributed by atoms with Gasteiger partial charge in [0.2, 0.25) is 11.8 Å². The van der Waals surface area contributed by atoms with E-state index in [1.54, 1.807) is 27.7 Å². The Morgan fingerprint density at radius 2 is 1.63 bits per heavy atom. The largest absolute Gasteiger partial charge is 0.481 e. The standard InChI is InChI=1S/C13H22N2O4/c1-7(2)10(16)14-5-6-15-11(17)8-9(12(18)19)13(8,3)4/h7-9H,5-6H2,1-4H3,(H,14,16)(H,15,17)(H,18,19). The van der Waals surface area contributed by atoms with Crippen molar-refractivity contribution < 1.29 is 19.5 Å². The van der Waals surface area contributed by atoms with Gasteiger partial charge in [-0.15, -0.1) is 0 Å². The Bertz CT molecular complexity index is 390. The zero-order chi connectivity index (χ0) is 14.8. The molecule has 1 aliphatic rings. The van der Waals surface area contributed by atoms with Crippen LogP contribution >= 0.6 is 0 Å². The smallest absolute Gasteiger partial charge is 0.307 e. The minimum atomic E-state index is -0.932. The Morgan fingerprint density at radius 1 is 1.11 bits per heavy atom. The molecule has 0 aromatic heterocycles. The molecule has 6 nitrogen and oxygen atoms in total.